The lowest BCUT2D eigenvalue weighted by molar-refractivity contribution is -0.345. The zero-order valence-electron chi connectivity index (χ0n) is 12.6. The third kappa shape index (κ3) is 3.11. The molecule has 0 bridgehead atoms. The van der Waals surface area contributed by atoms with Crippen molar-refractivity contribution < 1.29 is 28.7 Å². The van der Waals surface area contributed by atoms with Crippen LogP contribution in [0.3, 0.4) is 0 Å². The van der Waals surface area contributed by atoms with Gasteiger partial charge in [0.15, 0.2) is 5.82 Å². The number of nitrogens with zero attached hydrogens (tertiary/aromatic N) is 3. The van der Waals surface area contributed by atoms with Gasteiger partial charge in [0.1, 0.15) is 18.0 Å². The number of nitrogens with one attached hydrogen (secondary N) is 1. The van der Waals surface area contributed by atoms with Gasteiger partial charge in [0, 0.05) is 13.5 Å². The van der Waals surface area contributed by atoms with E-state index in [0.717, 1.165) is 0 Å². The first-order chi connectivity index (χ1) is 11.2. The van der Waals surface area contributed by atoms with Crippen LogP contribution in [0.4, 0.5) is 17.5 Å². The van der Waals surface area contributed by atoms with Gasteiger partial charge in [-0.05, 0) is 0 Å². The molecule has 0 amide bonds. The topological polar surface area (TPSA) is 180 Å². The summed E-state index contributed by atoms with van der Waals surface area (Å²) in [6.07, 6.45) is -2.84. The van der Waals surface area contributed by atoms with E-state index in [1.807, 2.05) is 0 Å². The van der Waals surface area contributed by atoms with E-state index in [9.17, 15) is 24.3 Å². The number of H-pyrrole nitrogens is 1. The molecule has 12 nitrogen and oxygen atoms in total. The van der Waals surface area contributed by atoms with Crippen molar-refractivity contribution in [3.8, 4) is 0 Å². The lowest BCUT2D eigenvalue weighted by Crippen LogP contribution is -2.38. The number of aliphatic hydroxyl groups excluding tert-OH is 1. The molecule has 0 spiro atoms. The zero-order valence-corrected chi connectivity index (χ0v) is 13.5. The number of hydrogen-bond acceptors (Lipinski definition) is 11. The minimum Gasteiger partial charge on any atom is -0.790 e. The number of fused-ring (bicyclic) bond motifs is 1. The Balaban J connectivity index is 1.87. The fourth-order valence-corrected chi connectivity index (χ4v) is 3.50. The zero-order chi connectivity index (χ0) is 17.6. The summed E-state index contributed by atoms with van der Waals surface area (Å²) in [5.41, 5.74) is 5.43. The maximum Gasteiger partial charge on any atom is 0.278 e. The predicted molar refractivity (Wildman–Crippen MR) is 77.9 cm³/mol. The molecular weight excluding hydrogens is 345 g/mol. The minimum atomic E-state index is -5.23. The first kappa shape index (κ1) is 17.1. The molecule has 1 fully saturated rings. The van der Waals surface area contributed by atoms with Crippen LogP contribution in [-0.2, 0) is 13.8 Å². The average molecular weight is 361 g/mol. The SMILES string of the molecule is CN1CN([C@H]2C[C@H](OP(=O)([O-])[O-])[C@@H](CO)O2)c2nc(N)[nH]c(=O)c21. The van der Waals surface area contributed by atoms with Crippen LogP contribution in [0.15, 0.2) is 4.79 Å². The van der Waals surface area contributed by atoms with Crippen LogP contribution in [0.25, 0.3) is 0 Å². The Morgan fingerprint density at radius 3 is 2.92 bits per heavy atom. The first-order valence-corrected chi connectivity index (χ1v) is 8.50. The Morgan fingerprint density at radius 1 is 1.58 bits per heavy atom. The summed E-state index contributed by atoms with van der Waals surface area (Å²) in [4.78, 5) is 43.4. The third-order valence-corrected chi connectivity index (χ3v) is 4.41. The van der Waals surface area contributed by atoms with Crippen molar-refractivity contribution in [1.29, 1.82) is 0 Å². The number of rotatable bonds is 4. The fourth-order valence-electron chi connectivity index (χ4n) is 2.94. The summed E-state index contributed by atoms with van der Waals surface area (Å²) in [5, 5.41) is 9.31. The number of aromatic amines is 1. The fraction of sp³-hybridized carbons (Fsp3) is 0.636. The predicted octanol–water partition coefficient (Wildman–Crippen LogP) is -3.11. The second-order valence-electron chi connectivity index (χ2n) is 5.57. The van der Waals surface area contributed by atoms with E-state index < -0.39 is 38.4 Å². The van der Waals surface area contributed by atoms with Crippen LogP contribution < -0.4 is 30.9 Å². The average Bonchev–Trinajstić information content (AvgIpc) is 2.98. The van der Waals surface area contributed by atoms with Gasteiger partial charge < -0.3 is 44.3 Å². The Hall–Kier alpha value is -1.69. The Kier molecular flexibility index (Phi) is 4.28. The molecule has 4 N–H and O–H groups in total. The molecule has 13 heteroatoms. The molecule has 1 aromatic rings. The van der Waals surface area contributed by atoms with Gasteiger partial charge >= 0.3 is 0 Å². The molecule has 0 saturated carbocycles. The van der Waals surface area contributed by atoms with Crippen molar-refractivity contribution in [3.63, 3.8) is 0 Å². The second-order valence-corrected chi connectivity index (χ2v) is 6.68. The van der Waals surface area contributed by atoms with Gasteiger partial charge in [0.25, 0.3) is 5.56 Å². The van der Waals surface area contributed by atoms with Crippen molar-refractivity contribution in [3.05, 3.63) is 10.4 Å². The largest absolute Gasteiger partial charge is 0.790 e. The summed E-state index contributed by atoms with van der Waals surface area (Å²) in [6.45, 7) is -0.292. The molecule has 0 unspecified atom stereocenters. The smallest absolute Gasteiger partial charge is 0.278 e. The van der Waals surface area contributed by atoms with E-state index in [2.05, 4.69) is 14.5 Å². The van der Waals surface area contributed by atoms with Crippen LogP contribution in [-0.4, -0.2) is 53.8 Å². The van der Waals surface area contributed by atoms with Crippen molar-refractivity contribution in [2.24, 2.45) is 0 Å². The van der Waals surface area contributed by atoms with E-state index in [4.69, 9.17) is 10.5 Å². The summed E-state index contributed by atoms with van der Waals surface area (Å²) in [6, 6.07) is 0. The molecule has 2 aliphatic rings. The quantitative estimate of drug-likeness (QED) is 0.462. The van der Waals surface area contributed by atoms with Crippen LogP contribution in [0.2, 0.25) is 0 Å². The molecule has 0 radical (unpaired) electrons. The van der Waals surface area contributed by atoms with E-state index >= 15 is 0 Å². The number of hydrogen-bond donors (Lipinski definition) is 3. The van der Waals surface area contributed by atoms with E-state index in [1.165, 1.54) is 0 Å². The van der Waals surface area contributed by atoms with Crippen molar-refractivity contribution >= 4 is 25.3 Å². The number of nitrogen functional groups attached to an aromatic ring is 1. The van der Waals surface area contributed by atoms with E-state index in [0.29, 0.717) is 0 Å². The van der Waals surface area contributed by atoms with Gasteiger partial charge in [-0.15, -0.1) is 0 Å². The highest BCUT2D eigenvalue weighted by Gasteiger charge is 2.43. The lowest BCUT2D eigenvalue weighted by Gasteiger charge is -2.33. The first-order valence-electron chi connectivity index (χ1n) is 7.04. The standard InChI is InChI=1S/C11H18N5O7P/c1-15-4-16(9-8(15)10(18)14-11(12)13-9)7-2-5(6(3-17)22-7)23-24(19,20)21/h5-7,17H,2-4H2,1H3,(H2,19,20,21)(H3,12,13,14,18)/p-2/t5-,6+,7+/m0/s1. The highest BCUT2D eigenvalue weighted by molar-refractivity contribution is 7.43. The van der Waals surface area contributed by atoms with Crippen molar-refractivity contribution in [2.45, 2.75) is 24.9 Å². The number of phosphoric acid groups is 1. The molecule has 3 atom stereocenters. The molecule has 1 aromatic heterocycles. The van der Waals surface area contributed by atoms with Gasteiger partial charge in [0.2, 0.25) is 5.95 Å². The number of aromatic nitrogens is 2. The lowest BCUT2D eigenvalue weighted by atomic mass is 10.2. The van der Waals surface area contributed by atoms with Gasteiger partial charge in [-0.2, -0.15) is 4.98 Å². The van der Waals surface area contributed by atoms with Crippen molar-refractivity contribution in [2.75, 3.05) is 35.9 Å². The van der Waals surface area contributed by atoms with Gasteiger partial charge in [0.05, 0.1) is 27.2 Å². The number of phosphoric ester groups is 1. The molecule has 2 aliphatic heterocycles. The number of aliphatic hydroxyl groups is 1. The van der Waals surface area contributed by atoms with Crippen LogP contribution in [0.1, 0.15) is 6.42 Å². The molecule has 0 aromatic carbocycles. The summed E-state index contributed by atoms with van der Waals surface area (Å²) in [7, 11) is -3.56. The van der Waals surface area contributed by atoms with Crippen molar-refractivity contribution in [1.82, 2.24) is 9.97 Å². The number of ether oxygens (including phenoxy) is 1. The van der Waals surface area contributed by atoms with Crippen LogP contribution in [0.5, 0.6) is 0 Å². The molecule has 0 aliphatic carbocycles. The molecule has 134 valence electrons. The Labute approximate surface area is 136 Å². The number of anilines is 3. The summed E-state index contributed by atoms with van der Waals surface area (Å²) >= 11 is 0. The maximum atomic E-state index is 12.0. The minimum absolute atomic E-state index is 0.00135. The summed E-state index contributed by atoms with van der Waals surface area (Å²) in [5.74, 6) is 0.195. The van der Waals surface area contributed by atoms with Gasteiger partial charge in [-0.25, -0.2) is 0 Å². The monoisotopic (exact) mass is 361 g/mol. The molecule has 24 heavy (non-hydrogen) atoms. The second kappa shape index (κ2) is 5.99. The Morgan fingerprint density at radius 2 is 2.29 bits per heavy atom. The Bertz CT molecular complexity index is 736. The molecule has 1 saturated heterocycles. The van der Waals surface area contributed by atoms with Gasteiger partial charge in [-0.3, -0.25) is 9.78 Å². The number of nitrogens with two attached hydrogens (primary N) is 1. The highest BCUT2D eigenvalue weighted by atomic mass is 31.2. The van der Waals surface area contributed by atoms with E-state index in [1.54, 1.807) is 16.8 Å². The maximum absolute atomic E-state index is 12.0. The van der Waals surface area contributed by atoms with Crippen LogP contribution >= 0.6 is 7.82 Å². The molecule has 3 rings (SSSR count). The van der Waals surface area contributed by atoms with E-state index in [-0.39, 0.29) is 30.5 Å². The molecule has 3 heterocycles. The summed E-state index contributed by atoms with van der Waals surface area (Å²) < 4.78 is 20.9. The highest BCUT2D eigenvalue weighted by Crippen LogP contribution is 2.39. The van der Waals surface area contributed by atoms with Gasteiger partial charge in [-0.1, -0.05) is 0 Å². The van der Waals surface area contributed by atoms with Crippen LogP contribution in [0, 0.1) is 0 Å². The third-order valence-electron chi connectivity index (χ3n) is 3.89. The normalized spacial score (nSPS) is 26.9. The molecular formula is C11H16N5O7P-2.